The predicted molar refractivity (Wildman–Crippen MR) is 59.1 cm³/mol. The second-order valence-corrected chi connectivity index (χ2v) is 3.70. The van der Waals surface area contributed by atoms with Crippen LogP contribution in [0.3, 0.4) is 0 Å². The summed E-state index contributed by atoms with van der Waals surface area (Å²) in [6.45, 7) is -0.0237. The third-order valence-electron chi connectivity index (χ3n) is 1.79. The van der Waals surface area contributed by atoms with Gasteiger partial charge in [-0.2, -0.15) is 13.2 Å². The molecule has 0 saturated carbocycles. The number of halogens is 4. The van der Waals surface area contributed by atoms with Crippen LogP contribution in [0.15, 0.2) is 29.3 Å². The summed E-state index contributed by atoms with van der Waals surface area (Å²) in [7, 11) is 1.52. The fourth-order valence-corrected chi connectivity index (χ4v) is 1.11. The maximum atomic E-state index is 12.1. The molecule has 1 aromatic carbocycles. The van der Waals surface area contributed by atoms with Gasteiger partial charge < -0.3 is 4.74 Å². The summed E-state index contributed by atoms with van der Waals surface area (Å²) in [6.07, 6.45) is -4.42. The van der Waals surface area contributed by atoms with E-state index in [1.54, 1.807) is 24.3 Å². The topological polar surface area (TPSA) is 21.6 Å². The molecule has 0 saturated heterocycles. The van der Waals surface area contributed by atoms with Crippen LogP contribution in [-0.2, 0) is 6.54 Å². The Balaban J connectivity index is 2.67. The van der Waals surface area contributed by atoms with Gasteiger partial charge in [0.1, 0.15) is 5.75 Å². The van der Waals surface area contributed by atoms with E-state index in [-0.39, 0.29) is 6.54 Å². The second-order valence-electron chi connectivity index (χ2n) is 2.95. The molecule has 0 amide bonds. The number of aliphatic imine (C=N–C) groups is 1. The smallest absolute Gasteiger partial charge is 0.439 e. The third kappa shape index (κ3) is 3.84. The summed E-state index contributed by atoms with van der Waals surface area (Å²) in [6, 6.07) is 6.68. The van der Waals surface area contributed by atoms with E-state index < -0.39 is 10.8 Å². The monoisotopic (exact) mass is 295 g/mol. The molecule has 0 aliphatic heterocycles. The highest BCUT2D eigenvalue weighted by atomic mass is 79.9. The molecule has 0 aliphatic rings. The number of ether oxygens (including phenoxy) is 1. The van der Waals surface area contributed by atoms with E-state index in [4.69, 9.17) is 4.74 Å². The molecule has 0 N–H and O–H groups in total. The van der Waals surface area contributed by atoms with Crippen molar-refractivity contribution in [3.05, 3.63) is 29.8 Å². The minimum atomic E-state index is -4.42. The van der Waals surface area contributed by atoms with Crippen LogP contribution in [0.5, 0.6) is 5.75 Å². The van der Waals surface area contributed by atoms with Gasteiger partial charge in [-0.25, -0.2) is 0 Å². The Bertz CT molecular complexity index is 373. The number of methoxy groups -OCH3 is 1. The molecule has 0 aliphatic carbocycles. The molecule has 0 unspecified atom stereocenters. The lowest BCUT2D eigenvalue weighted by molar-refractivity contribution is -0.0552. The van der Waals surface area contributed by atoms with Crippen LogP contribution in [0, 0.1) is 0 Å². The first kappa shape index (κ1) is 13.0. The molecule has 0 radical (unpaired) electrons. The molecule has 1 rings (SSSR count). The van der Waals surface area contributed by atoms with Gasteiger partial charge in [0.05, 0.1) is 13.7 Å². The molecule has 0 aromatic heterocycles. The summed E-state index contributed by atoms with van der Waals surface area (Å²) in [5, 5.41) is 0. The van der Waals surface area contributed by atoms with Crippen molar-refractivity contribution < 1.29 is 17.9 Å². The van der Waals surface area contributed by atoms with Gasteiger partial charge in [-0.1, -0.05) is 12.1 Å². The van der Waals surface area contributed by atoms with E-state index in [0.29, 0.717) is 11.3 Å². The van der Waals surface area contributed by atoms with Gasteiger partial charge >= 0.3 is 6.18 Å². The van der Waals surface area contributed by atoms with Crippen LogP contribution in [0.25, 0.3) is 0 Å². The number of nitrogens with zero attached hydrogens (tertiary/aromatic N) is 1. The number of hydrogen-bond donors (Lipinski definition) is 0. The molecule has 16 heavy (non-hydrogen) atoms. The number of benzene rings is 1. The van der Waals surface area contributed by atoms with Gasteiger partial charge in [-0.15, -0.1) is 0 Å². The summed E-state index contributed by atoms with van der Waals surface area (Å²) >= 11 is 2.38. The van der Waals surface area contributed by atoms with Gasteiger partial charge in [0.25, 0.3) is 0 Å². The average Bonchev–Trinajstić information content (AvgIpc) is 2.25. The van der Waals surface area contributed by atoms with Crippen LogP contribution in [0.1, 0.15) is 5.56 Å². The van der Waals surface area contributed by atoms with Crippen molar-refractivity contribution in [1.29, 1.82) is 0 Å². The average molecular weight is 296 g/mol. The van der Waals surface area contributed by atoms with Gasteiger partial charge in [-0.05, 0) is 33.6 Å². The van der Waals surface area contributed by atoms with Crippen LogP contribution in [0.4, 0.5) is 13.2 Å². The first-order chi connectivity index (χ1) is 7.43. The lowest BCUT2D eigenvalue weighted by Gasteiger charge is -2.04. The fourth-order valence-electron chi connectivity index (χ4n) is 0.981. The molecule has 2 nitrogen and oxygen atoms in total. The van der Waals surface area contributed by atoms with Crippen molar-refractivity contribution in [1.82, 2.24) is 0 Å². The molecule has 0 spiro atoms. The van der Waals surface area contributed by atoms with E-state index in [1.165, 1.54) is 7.11 Å². The van der Waals surface area contributed by atoms with Gasteiger partial charge in [0, 0.05) is 0 Å². The highest BCUT2D eigenvalue weighted by Crippen LogP contribution is 2.22. The summed E-state index contributed by atoms with van der Waals surface area (Å²) < 4.78 is 40.1. The molecule has 88 valence electrons. The Morgan fingerprint density at radius 1 is 1.31 bits per heavy atom. The van der Waals surface area contributed by atoms with Crippen molar-refractivity contribution in [2.45, 2.75) is 12.7 Å². The standard InChI is InChI=1S/C10H9BrF3NO/c1-16-8-4-2-7(3-5-8)6-15-9(11)10(12,13)14/h2-5H,6H2,1H3. The Morgan fingerprint density at radius 3 is 2.31 bits per heavy atom. The van der Waals surface area contributed by atoms with Crippen molar-refractivity contribution in [3.8, 4) is 5.75 Å². The fraction of sp³-hybridized carbons (Fsp3) is 0.300. The largest absolute Gasteiger partial charge is 0.497 e. The van der Waals surface area contributed by atoms with E-state index in [2.05, 4.69) is 20.9 Å². The Morgan fingerprint density at radius 2 is 1.88 bits per heavy atom. The zero-order valence-electron chi connectivity index (χ0n) is 8.38. The second kappa shape index (κ2) is 5.34. The summed E-state index contributed by atoms with van der Waals surface area (Å²) in [4.78, 5) is 3.39. The first-order valence-electron chi connectivity index (χ1n) is 4.33. The van der Waals surface area contributed by atoms with E-state index in [1.807, 2.05) is 0 Å². The Labute approximate surface area is 99.3 Å². The first-order valence-corrected chi connectivity index (χ1v) is 5.13. The molecule has 6 heteroatoms. The van der Waals surface area contributed by atoms with Gasteiger partial charge in [-0.3, -0.25) is 4.99 Å². The lowest BCUT2D eigenvalue weighted by atomic mass is 10.2. The van der Waals surface area contributed by atoms with E-state index >= 15 is 0 Å². The van der Waals surface area contributed by atoms with Crippen LogP contribution < -0.4 is 4.74 Å². The normalized spacial score (nSPS) is 12.7. The molecular weight excluding hydrogens is 287 g/mol. The van der Waals surface area contributed by atoms with Crippen LogP contribution in [-0.4, -0.2) is 17.9 Å². The number of rotatable bonds is 3. The SMILES string of the molecule is COc1ccc(CN=C(Br)C(F)(F)F)cc1. The molecular formula is C10H9BrF3NO. The number of hydrogen-bond acceptors (Lipinski definition) is 2. The maximum absolute atomic E-state index is 12.1. The van der Waals surface area contributed by atoms with E-state index in [9.17, 15) is 13.2 Å². The summed E-state index contributed by atoms with van der Waals surface area (Å²) in [5.41, 5.74) is 0.682. The molecule has 0 fully saturated rings. The molecule has 1 aromatic rings. The summed E-state index contributed by atoms with van der Waals surface area (Å²) in [5.74, 6) is 0.655. The number of alkyl halides is 3. The minimum absolute atomic E-state index is 0.0237. The van der Waals surface area contributed by atoms with Gasteiger partial charge in [0.15, 0.2) is 4.62 Å². The maximum Gasteiger partial charge on any atom is 0.439 e. The van der Waals surface area contributed by atoms with Crippen molar-refractivity contribution in [2.24, 2.45) is 4.99 Å². The Hall–Kier alpha value is -1.04. The highest BCUT2D eigenvalue weighted by molar-refractivity contribution is 9.18. The molecule has 0 atom stereocenters. The van der Waals surface area contributed by atoms with Crippen LogP contribution in [0.2, 0.25) is 0 Å². The quantitative estimate of drug-likeness (QED) is 0.782. The zero-order chi connectivity index (χ0) is 12.2. The predicted octanol–water partition coefficient (Wildman–Crippen LogP) is 3.55. The van der Waals surface area contributed by atoms with Crippen LogP contribution >= 0.6 is 15.9 Å². The van der Waals surface area contributed by atoms with E-state index in [0.717, 1.165) is 0 Å². The minimum Gasteiger partial charge on any atom is -0.497 e. The van der Waals surface area contributed by atoms with Crippen molar-refractivity contribution in [2.75, 3.05) is 7.11 Å². The lowest BCUT2D eigenvalue weighted by Crippen LogP contribution is -2.16. The zero-order valence-corrected chi connectivity index (χ0v) is 9.97. The molecule has 0 bridgehead atoms. The molecule has 0 heterocycles. The van der Waals surface area contributed by atoms with Crippen molar-refractivity contribution in [3.63, 3.8) is 0 Å². The van der Waals surface area contributed by atoms with Gasteiger partial charge in [0.2, 0.25) is 0 Å². The Kier molecular flexibility index (Phi) is 4.35. The van der Waals surface area contributed by atoms with Crippen molar-refractivity contribution >= 4 is 20.6 Å². The highest BCUT2D eigenvalue weighted by Gasteiger charge is 2.33. The third-order valence-corrected chi connectivity index (χ3v) is 2.49.